The largest absolute Gasteiger partial charge is 0.396 e. The minimum Gasteiger partial charge on any atom is -0.396 e. The van der Waals surface area contributed by atoms with Gasteiger partial charge in [-0.15, -0.1) is 0 Å². The summed E-state index contributed by atoms with van der Waals surface area (Å²) >= 11 is 0. The Kier molecular flexibility index (Phi) is 3.61. The van der Waals surface area contributed by atoms with E-state index in [1.165, 1.54) is 0 Å². The third-order valence-electron chi connectivity index (χ3n) is 3.21. The minimum atomic E-state index is -0.673. The Balaban J connectivity index is 2.13. The zero-order valence-electron chi connectivity index (χ0n) is 9.81. The number of hydrogen-bond donors (Lipinski definition) is 3. The van der Waals surface area contributed by atoms with Crippen LogP contribution in [-0.4, -0.2) is 45.6 Å². The Labute approximate surface area is 102 Å². The number of piperidine rings is 1. The van der Waals surface area contributed by atoms with Crippen molar-refractivity contribution in [3.8, 4) is 0 Å². The number of rotatable bonds is 2. The molecule has 1 amide bonds. The predicted octanol–water partition coefficient (Wildman–Crippen LogP) is -1.09. The van der Waals surface area contributed by atoms with E-state index in [1.807, 2.05) is 4.98 Å². The van der Waals surface area contributed by atoms with Crippen LogP contribution in [0.1, 0.15) is 23.2 Å². The average molecular weight is 253 g/mol. The molecule has 18 heavy (non-hydrogen) atoms. The summed E-state index contributed by atoms with van der Waals surface area (Å²) in [7, 11) is 0. The first-order valence-electron chi connectivity index (χ1n) is 5.84. The molecule has 0 bridgehead atoms. The molecule has 0 atom stereocenters. The molecule has 2 heterocycles. The van der Waals surface area contributed by atoms with Gasteiger partial charge in [0.2, 0.25) is 0 Å². The van der Waals surface area contributed by atoms with Crippen molar-refractivity contribution in [2.45, 2.75) is 12.8 Å². The fraction of sp³-hybridized carbons (Fsp3) is 0.545. The van der Waals surface area contributed by atoms with Crippen LogP contribution >= 0.6 is 0 Å². The van der Waals surface area contributed by atoms with Gasteiger partial charge in [0.25, 0.3) is 11.5 Å². The van der Waals surface area contributed by atoms with Crippen LogP contribution in [-0.2, 0) is 0 Å². The van der Waals surface area contributed by atoms with Gasteiger partial charge in [-0.05, 0) is 18.8 Å². The van der Waals surface area contributed by atoms with Gasteiger partial charge in [-0.3, -0.25) is 14.6 Å². The average Bonchev–Trinajstić information content (AvgIpc) is 2.38. The lowest BCUT2D eigenvalue weighted by atomic mass is 9.97. The van der Waals surface area contributed by atoms with E-state index in [-0.39, 0.29) is 24.0 Å². The molecule has 7 heteroatoms. The highest BCUT2D eigenvalue weighted by molar-refractivity contribution is 5.93. The van der Waals surface area contributed by atoms with Crippen LogP contribution in [0.4, 0.5) is 0 Å². The topological polar surface area (TPSA) is 106 Å². The molecule has 0 saturated carbocycles. The SMILES string of the molecule is O=C(c1c[nH]c(=O)[nH]c1=O)N1CCC(CO)CC1. The second-order valence-corrected chi connectivity index (χ2v) is 4.40. The summed E-state index contributed by atoms with van der Waals surface area (Å²) in [4.78, 5) is 40.3. The summed E-state index contributed by atoms with van der Waals surface area (Å²) in [5.41, 5.74) is -1.36. The number of aromatic nitrogens is 2. The fourth-order valence-electron chi connectivity index (χ4n) is 2.06. The maximum Gasteiger partial charge on any atom is 0.325 e. The smallest absolute Gasteiger partial charge is 0.325 e. The van der Waals surface area contributed by atoms with Crippen LogP contribution in [0.2, 0.25) is 0 Å². The van der Waals surface area contributed by atoms with E-state index in [0.29, 0.717) is 13.1 Å². The number of likely N-dealkylation sites (tertiary alicyclic amines) is 1. The zero-order valence-corrected chi connectivity index (χ0v) is 9.81. The van der Waals surface area contributed by atoms with Crippen molar-refractivity contribution in [3.05, 3.63) is 32.6 Å². The quantitative estimate of drug-likeness (QED) is 0.622. The standard InChI is InChI=1S/C11H15N3O4/c15-6-7-1-3-14(4-2-7)10(17)8-5-12-11(18)13-9(8)16/h5,7,15H,1-4,6H2,(H2,12,13,16,18). The molecule has 1 aliphatic rings. The lowest BCUT2D eigenvalue weighted by Gasteiger charge is -2.30. The van der Waals surface area contributed by atoms with Gasteiger partial charge >= 0.3 is 5.69 Å². The molecule has 1 aromatic heterocycles. The molecule has 98 valence electrons. The van der Waals surface area contributed by atoms with E-state index in [0.717, 1.165) is 19.0 Å². The van der Waals surface area contributed by atoms with Crippen molar-refractivity contribution in [2.75, 3.05) is 19.7 Å². The fourth-order valence-corrected chi connectivity index (χ4v) is 2.06. The van der Waals surface area contributed by atoms with Gasteiger partial charge in [0.1, 0.15) is 5.56 Å². The summed E-state index contributed by atoms with van der Waals surface area (Å²) in [6.07, 6.45) is 2.59. The van der Waals surface area contributed by atoms with Gasteiger partial charge in [0, 0.05) is 25.9 Å². The molecular weight excluding hydrogens is 238 g/mol. The lowest BCUT2D eigenvalue weighted by molar-refractivity contribution is 0.0648. The van der Waals surface area contributed by atoms with Crippen LogP contribution < -0.4 is 11.2 Å². The van der Waals surface area contributed by atoms with Crippen LogP contribution in [0, 0.1) is 5.92 Å². The summed E-state index contributed by atoms with van der Waals surface area (Å²) in [5, 5.41) is 9.01. The van der Waals surface area contributed by atoms with Crippen LogP contribution in [0.5, 0.6) is 0 Å². The van der Waals surface area contributed by atoms with E-state index in [2.05, 4.69) is 4.98 Å². The predicted molar refractivity (Wildman–Crippen MR) is 63.4 cm³/mol. The number of amides is 1. The Morgan fingerprint density at radius 3 is 2.61 bits per heavy atom. The van der Waals surface area contributed by atoms with E-state index in [4.69, 9.17) is 5.11 Å². The molecule has 1 aromatic rings. The van der Waals surface area contributed by atoms with Crippen molar-refractivity contribution in [2.24, 2.45) is 5.92 Å². The van der Waals surface area contributed by atoms with Crippen molar-refractivity contribution in [3.63, 3.8) is 0 Å². The second kappa shape index (κ2) is 5.18. The van der Waals surface area contributed by atoms with Gasteiger partial charge in [-0.1, -0.05) is 0 Å². The third-order valence-corrected chi connectivity index (χ3v) is 3.21. The van der Waals surface area contributed by atoms with Crippen molar-refractivity contribution < 1.29 is 9.90 Å². The maximum absolute atomic E-state index is 12.0. The Morgan fingerprint density at radius 1 is 1.39 bits per heavy atom. The first kappa shape index (κ1) is 12.6. The normalized spacial score (nSPS) is 16.8. The van der Waals surface area contributed by atoms with Gasteiger partial charge < -0.3 is 15.0 Å². The first-order valence-corrected chi connectivity index (χ1v) is 5.84. The van der Waals surface area contributed by atoms with Crippen LogP contribution in [0.25, 0.3) is 0 Å². The third kappa shape index (κ3) is 2.51. The van der Waals surface area contributed by atoms with Gasteiger partial charge in [0.15, 0.2) is 0 Å². The van der Waals surface area contributed by atoms with E-state index < -0.39 is 11.2 Å². The van der Waals surface area contributed by atoms with Crippen molar-refractivity contribution >= 4 is 5.91 Å². The van der Waals surface area contributed by atoms with Crippen LogP contribution in [0.3, 0.4) is 0 Å². The van der Waals surface area contributed by atoms with E-state index in [1.54, 1.807) is 4.90 Å². The molecule has 0 spiro atoms. The highest BCUT2D eigenvalue weighted by atomic mass is 16.3. The number of hydrogen-bond acceptors (Lipinski definition) is 4. The Bertz CT molecular complexity index is 540. The molecule has 0 aliphatic carbocycles. The minimum absolute atomic E-state index is 0.0583. The monoisotopic (exact) mass is 253 g/mol. The molecule has 0 aromatic carbocycles. The lowest BCUT2D eigenvalue weighted by Crippen LogP contribution is -2.42. The van der Waals surface area contributed by atoms with Gasteiger partial charge in [0.05, 0.1) is 0 Å². The maximum atomic E-state index is 12.0. The molecule has 3 N–H and O–H groups in total. The summed E-state index contributed by atoms with van der Waals surface area (Å²) in [6.45, 7) is 1.16. The number of carbonyl (C=O) groups is 1. The zero-order chi connectivity index (χ0) is 13.1. The second-order valence-electron chi connectivity index (χ2n) is 4.40. The number of aromatic amines is 2. The molecule has 1 fully saturated rings. The molecule has 0 unspecified atom stereocenters. The number of nitrogens with zero attached hydrogens (tertiary/aromatic N) is 1. The summed E-state index contributed by atoms with van der Waals surface area (Å²) < 4.78 is 0. The molecule has 1 aliphatic heterocycles. The molecule has 2 rings (SSSR count). The van der Waals surface area contributed by atoms with Crippen molar-refractivity contribution in [1.29, 1.82) is 0 Å². The number of aliphatic hydroxyl groups is 1. The number of aliphatic hydroxyl groups excluding tert-OH is 1. The van der Waals surface area contributed by atoms with E-state index in [9.17, 15) is 14.4 Å². The number of carbonyl (C=O) groups excluding carboxylic acids is 1. The molecule has 1 saturated heterocycles. The van der Waals surface area contributed by atoms with Gasteiger partial charge in [-0.2, -0.15) is 0 Å². The number of H-pyrrole nitrogens is 2. The Morgan fingerprint density at radius 2 is 2.06 bits per heavy atom. The summed E-state index contributed by atoms with van der Waals surface area (Å²) in [5.74, 6) is -0.160. The highest BCUT2D eigenvalue weighted by Gasteiger charge is 2.24. The van der Waals surface area contributed by atoms with Gasteiger partial charge in [-0.25, -0.2) is 4.79 Å². The van der Waals surface area contributed by atoms with Crippen LogP contribution in [0.15, 0.2) is 15.8 Å². The molecule has 7 nitrogen and oxygen atoms in total. The highest BCUT2D eigenvalue weighted by Crippen LogP contribution is 2.17. The molecular formula is C11H15N3O4. The Hall–Kier alpha value is -1.89. The summed E-state index contributed by atoms with van der Waals surface area (Å²) in [6, 6.07) is 0. The molecule has 0 radical (unpaired) electrons. The number of nitrogens with one attached hydrogen (secondary N) is 2. The van der Waals surface area contributed by atoms with Crippen molar-refractivity contribution in [1.82, 2.24) is 14.9 Å². The van der Waals surface area contributed by atoms with E-state index >= 15 is 0 Å². The first-order chi connectivity index (χ1) is 8.61.